The van der Waals surface area contributed by atoms with Gasteiger partial charge in [-0.05, 0) is 50.8 Å². The monoisotopic (exact) mass is 684 g/mol. The number of Topliss-reactive ketones (excluding diaryl/α,β-unsaturated/α-hetero) is 1. The zero-order valence-electron chi connectivity index (χ0n) is 29.4. The Labute approximate surface area is 288 Å². The van der Waals surface area contributed by atoms with Gasteiger partial charge >= 0.3 is 11.9 Å². The van der Waals surface area contributed by atoms with E-state index in [1.54, 1.807) is 24.3 Å². The number of nitrogens with zero attached hydrogens (tertiary/aromatic N) is 3. The largest absolute Gasteiger partial charge is 0.469 e. The molecule has 1 aliphatic rings. The Bertz CT molecular complexity index is 1380. The van der Waals surface area contributed by atoms with Crippen molar-refractivity contribution in [2.75, 3.05) is 27.7 Å². The first-order valence-electron chi connectivity index (χ1n) is 16.8. The van der Waals surface area contributed by atoms with E-state index >= 15 is 0 Å². The van der Waals surface area contributed by atoms with Gasteiger partial charge in [-0.2, -0.15) is 0 Å². The number of thiazole rings is 1. The van der Waals surface area contributed by atoms with E-state index in [1.807, 2.05) is 51.2 Å². The van der Waals surface area contributed by atoms with Crippen LogP contribution in [0.25, 0.3) is 0 Å². The molecule has 0 unspecified atom stereocenters. The summed E-state index contributed by atoms with van der Waals surface area (Å²) in [6.07, 6.45) is 3.61. The lowest BCUT2D eigenvalue weighted by atomic mass is 9.94. The number of ketones is 1. The van der Waals surface area contributed by atoms with Gasteiger partial charge in [0.15, 0.2) is 6.10 Å². The molecule has 1 aliphatic heterocycles. The third-order valence-electron chi connectivity index (χ3n) is 9.08. The van der Waals surface area contributed by atoms with Crippen molar-refractivity contribution < 1.29 is 33.4 Å². The first kappa shape index (κ1) is 38.8. The third-order valence-corrected chi connectivity index (χ3v) is 10.0. The molecular weight excluding hydrogens is 632 g/mol. The highest BCUT2D eigenvalue weighted by molar-refractivity contribution is 7.09. The molecule has 0 spiro atoms. The molecule has 1 fully saturated rings. The maximum absolute atomic E-state index is 13.4. The summed E-state index contributed by atoms with van der Waals surface area (Å²) < 4.78 is 10.6. The fraction of sp³-hybridized carbons (Fsp3) is 0.611. The highest BCUT2D eigenvalue weighted by Gasteiger charge is 2.32. The standard InChI is InChI=1S/C36H52N4O7S/c1-23(2)30(40(6)33(43)17-16-31(42)29-15-11-12-18-39(29)5)21-32(47-25(4)41)35-38-28(22-48-35)34(44)37-27(19-24(3)36(45)46-7)20-26-13-9-8-10-14-26/h8-10,13-14,22-24,27,29-30,32H,11-12,15-21H2,1-7H3,(H,37,44)/t24-,27+,29+,30+,32+/m0/s1. The zero-order chi connectivity index (χ0) is 35.4. The van der Waals surface area contributed by atoms with Crippen molar-refractivity contribution in [3.8, 4) is 0 Å². The molecule has 3 rings (SSSR count). The first-order chi connectivity index (χ1) is 22.8. The van der Waals surface area contributed by atoms with Crippen molar-refractivity contribution in [3.63, 3.8) is 0 Å². The summed E-state index contributed by atoms with van der Waals surface area (Å²) in [7, 11) is 5.02. The maximum atomic E-state index is 13.4. The summed E-state index contributed by atoms with van der Waals surface area (Å²) in [6.45, 7) is 7.95. The molecule has 1 saturated heterocycles. The van der Waals surface area contributed by atoms with E-state index in [0.717, 1.165) is 31.4 Å². The lowest BCUT2D eigenvalue weighted by molar-refractivity contribution is -0.149. The number of piperidine rings is 1. The molecule has 48 heavy (non-hydrogen) atoms. The normalized spacial score (nSPS) is 17.5. The number of carbonyl (C=O) groups excluding carboxylic acids is 5. The minimum Gasteiger partial charge on any atom is -0.469 e. The van der Waals surface area contributed by atoms with E-state index in [1.165, 1.54) is 25.4 Å². The van der Waals surface area contributed by atoms with Gasteiger partial charge in [-0.3, -0.25) is 28.9 Å². The van der Waals surface area contributed by atoms with E-state index in [2.05, 4.69) is 15.2 Å². The number of hydrogen-bond donors (Lipinski definition) is 1. The number of esters is 2. The van der Waals surface area contributed by atoms with Crippen LogP contribution in [-0.4, -0.2) is 90.2 Å². The summed E-state index contributed by atoms with van der Waals surface area (Å²) in [4.78, 5) is 72.3. The first-order valence-corrected chi connectivity index (χ1v) is 17.7. The van der Waals surface area contributed by atoms with Gasteiger partial charge in [0.2, 0.25) is 5.91 Å². The second kappa shape index (κ2) is 18.8. The van der Waals surface area contributed by atoms with Crippen molar-refractivity contribution >= 4 is 40.9 Å². The number of rotatable bonds is 17. The van der Waals surface area contributed by atoms with Crippen LogP contribution in [0.1, 0.15) is 99.8 Å². The van der Waals surface area contributed by atoms with Crippen molar-refractivity contribution in [2.45, 2.75) is 103 Å². The number of amides is 2. The molecule has 0 aliphatic carbocycles. The number of hydrogen-bond acceptors (Lipinski definition) is 10. The molecule has 0 radical (unpaired) electrons. The van der Waals surface area contributed by atoms with Gasteiger partial charge in [-0.1, -0.05) is 57.5 Å². The summed E-state index contributed by atoms with van der Waals surface area (Å²) in [5, 5.41) is 5.10. The molecule has 0 saturated carbocycles. The van der Waals surface area contributed by atoms with E-state index in [0.29, 0.717) is 17.8 Å². The van der Waals surface area contributed by atoms with Crippen molar-refractivity contribution in [3.05, 3.63) is 52.0 Å². The van der Waals surface area contributed by atoms with Gasteiger partial charge in [0.25, 0.3) is 5.91 Å². The Kier molecular flexibility index (Phi) is 15.2. The number of likely N-dealkylation sites (tertiary alicyclic amines) is 1. The summed E-state index contributed by atoms with van der Waals surface area (Å²) >= 11 is 1.21. The van der Waals surface area contributed by atoms with Crippen LogP contribution in [0, 0.1) is 11.8 Å². The molecule has 1 aromatic carbocycles. The molecule has 12 heteroatoms. The summed E-state index contributed by atoms with van der Waals surface area (Å²) in [6, 6.07) is 8.88. The van der Waals surface area contributed by atoms with Crippen molar-refractivity contribution in [1.29, 1.82) is 0 Å². The number of methoxy groups -OCH3 is 1. The van der Waals surface area contributed by atoms with Gasteiger partial charge in [-0.25, -0.2) is 4.98 Å². The number of benzene rings is 1. The Morgan fingerprint density at radius 1 is 1.06 bits per heavy atom. The third kappa shape index (κ3) is 11.5. The van der Waals surface area contributed by atoms with Crippen LogP contribution in [0.15, 0.2) is 35.7 Å². The highest BCUT2D eigenvalue weighted by atomic mass is 32.1. The molecule has 2 aromatic rings. The second-order valence-electron chi connectivity index (χ2n) is 13.2. The Morgan fingerprint density at radius 3 is 2.40 bits per heavy atom. The fourth-order valence-corrected chi connectivity index (χ4v) is 7.19. The average molecular weight is 685 g/mol. The predicted octanol–water partition coefficient (Wildman–Crippen LogP) is 4.99. The maximum Gasteiger partial charge on any atom is 0.308 e. The minimum absolute atomic E-state index is 0.00969. The number of carbonyl (C=O) groups is 5. The fourth-order valence-electron chi connectivity index (χ4n) is 6.35. The molecule has 264 valence electrons. The summed E-state index contributed by atoms with van der Waals surface area (Å²) in [5.41, 5.74) is 1.19. The van der Waals surface area contributed by atoms with Crippen molar-refractivity contribution in [1.82, 2.24) is 20.1 Å². The molecule has 2 amide bonds. The predicted molar refractivity (Wildman–Crippen MR) is 184 cm³/mol. The SMILES string of the molecule is COC(=O)[C@@H](C)C[C@H](Cc1ccccc1)NC(=O)c1csc([C@@H](C[C@H](C(C)C)N(C)C(=O)CCC(=O)[C@H]2CCCCN2C)OC(C)=O)n1. The van der Waals surface area contributed by atoms with E-state index in [4.69, 9.17) is 9.47 Å². The highest BCUT2D eigenvalue weighted by Crippen LogP contribution is 2.31. The summed E-state index contributed by atoms with van der Waals surface area (Å²) in [5.74, 6) is -1.73. The minimum atomic E-state index is -0.784. The Hall–Kier alpha value is -3.64. The molecule has 1 aromatic heterocycles. The second-order valence-corrected chi connectivity index (χ2v) is 14.1. The molecule has 11 nitrogen and oxygen atoms in total. The average Bonchev–Trinajstić information content (AvgIpc) is 3.55. The molecule has 5 atom stereocenters. The lowest BCUT2D eigenvalue weighted by Crippen LogP contribution is -2.44. The van der Waals surface area contributed by atoms with Gasteiger partial charge in [0, 0.05) is 50.7 Å². The Morgan fingerprint density at radius 2 is 1.77 bits per heavy atom. The number of likely N-dealkylation sites (N-methyl/N-ethyl adjacent to an activating group) is 1. The van der Waals surface area contributed by atoms with Crippen LogP contribution in [-0.2, 0) is 35.1 Å². The smallest absolute Gasteiger partial charge is 0.308 e. The van der Waals surface area contributed by atoms with Gasteiger partial charge in [0.05, 0.1) is 19.1 Å². The number of nitrogens with one attached hydrogen (secondary N) is 1. The quantitative estimate of drug-likeness (QED) is 0.229. The van der Waals surface area contributed by atoms with E-state index in [9.17, 15) is 24.0 Å². The molecule has 2 heterocycles. The van der Waals surface area contributed by atoms with Crippen LogP contribution in [0.4, 0.5) is 0 Å². The molecule has 0 bridgehead atoms. The van der Waals surface area contributed by atoms with Crippen molar-refractivity contribution in [2.24, 2.45) is 11.8 Å². The zero-order valence-corrected chi connectivity index (χ0v) is 30.2. The number of ether oxygens (including phenoxy) is 2. The van der Waals surface area contributed by atoms with Gasteiger partial charge in [-0.15, -0.1) is 11.3 Å². The topological polar surface area (TPSA) is 135 Å². The lowest BCUT2D eigenvalue weighted by Gasteiger charge is -2.34. The van der Waals surface area contributed by atoms with Crippen LogP contribution in [0.5, 0.6) is 0 Å². The van der Waals surface area contributed by atoms with Crippen LogP contribution >= 0.6 is 11.3 Å². The Balaban J connectivity index is 1.72. The molecule has 1 N–H and O–H groups in total. The van der Waals surface area contributed by atoms with Crippen LogP contribution in [0.3, 0.4) is 0 Å². The van der Waals surface area contributed by atoms with E-state index in [-0.39, 0.29) is 66.7 Å². The van der Waals surface area contributed by atoms with E-state index < -0.39 is 23.9 Å². The van der Waals surface area contributed by atoms with Crippen LogP contribution < -0.4 is 5.32 Å². The van der Waals surface area contributed by atoms with Gasteiger partial charge < -0.3 is 19.7 Å². The van der Waals surface area contributed by atoms with Gasteiger partial charge in [0.1, 0.15) is 16.5 Å². The van der Waals surface area contributed by atoms with Crippen LogP contribution in [0.2, 0.25) is 0 Å². The number of aromatic nitrogens is 1. The molecular formula is C36H52N4O7S.